The van der Waals surface area contributed by atoms with Crippen molar-refractivity contribution in [3.63, 3.8) is 0 Å². The minimum atomic E-state index is 0.388. The van der Waals surface area contributed by atoms with Crippen LogP contribution in [-0.2, 0) is 6.54 Å². The van der Waals surface area contributed by atoms with Gasteiger partial charge < -0.3 is 10.5 Å². The Morgan fingerprint density at radius 1 is 1.16 bits per heavy atom. The van der Waals surface area contributed by atoms with Gasteiger partial charge in [0.1, 0.15) is 5.75 Å². The summed E-state index contributed by atoms with van der Waals surface area (Å²) in [5, 5.41) is 1.15. The van der Waals surface area contributed by atoms with Gasteiger partial charge in [-0.25, -0.2) is 0 Å². The number of hydrogen-bond donors (Lipinski definition) is 1. The first-order chi connectivity index (χ1) is 9.20. The molecule has 2 nitrogen and oxygen atoms in total. The second-order valence-electron chi connectivity index (χ2n) is 5.22. The molecular weight excluding hydrogens is 281 g/mol. The van der Waals surface area contributed by atoms with Gasteiger partial charge in [-0.05, 0) is 24.5 Å². The molecule has 4 heteroatoms. The first kappa shape index (κ1) is 15.0. The van der Waals surface area contributed by atoms with Gasteiger partial charge in [-0.15, -0.1) is 0 Å². The largest absolute Gasteiger partial charge is 0.492 e. The Morgan fingerprint density at radius 2 is 1.89 bits per heavy atom. The topological polar surface area (TPSA) is 35.2 Å². The lowest BCUT2D eigenvalue weighted by atomic mass is 9.87. The lowest BCUT2D eigenvalue weighted by Crippen LogP contribution is -2.12. The number of rotatable bonds is 5. The molecule has 0 heterocycles. The predicted octanol–water partition coefficient (Wildman–Crippen LogP) is 4.80. The first-order valence-corrected chi connectivity index (χ1v) is 7.77. The van der Waals surface area contributed by atoms with E-state index < -0.39 is 0 Å². The molecule has 0 radical (unpaired) electrons. The lowest BCUT2D eigenvalue weighted by molar-refractivity contribution is 0.245. The Balaban J connectivity index is 1.91. The van der Waals surface area contributed by atoms with E-state index in [2.05, 4.69) is 0 Å². The van der Waals surface area contributed by atoms with Crippen molar-refractivity contribution >= 4 is 23.2 Å². The minimum Gasteiger partial charge on any atom is -0.492 e. The molecule has 2 N–H and O–H groups in total. The maximum Gasteiger partial charge on any atom is 0.142 e. The van der Waals surface area contributed by atoms with E-state index in [-0.39, 0.29) is 0 Å². The summed E-state index contributed by atoms with van der Waals surface area (Å²) in [7, 11) is 0. The molecule has 0 saturated heterocycles. The molecule has 1 aromatic carbocycles. The molecule has 2 rings (SSSR count). The summed E-state index contributed by atoms with van der Waals surface area (Å²) in [6, 6.07) is 3.53. The molecule has 106 valence electrons. The van der Waals surface area contributed by atoms with Crippen LogP contribution in [0.2, 0.25) is 10.0 Å². The van der Waals surface area contributed by atoms with Crippen LogP contribution in [0.3, 0.4) is 0 Å². The molecule has 1 aliphatic rings. The maximum absolute atomic E-state index is 6.17. The third-order valence-electron chi connectivity index (χ3n) is 3.80. The van der Waals surface area contributed by atoms with Crippen LogP contribution in [0.25, 0.3) is 0 Å². The predicted molar refractivity (Wildman–Crippen MR) is 81.0 cm³/mol. The quantitative estimate of drug-likeness (QED) is 0.847. The molecule has 0 unspecified atom stereocenters. The van der Waals surface area contributed by atoms with E-state index >= 15 is 0 Å². The summed E-state index contributed by atoms with van der Waals surface area (Å²) in [6.45, 7) is 1.10. The highest BCUT2D eigenvalue weighted by molar-refractivity contribution is 6.35. The normalized spacial score (nSPS) is 16.6. The Morgan fingerprint density at radius 3 is 2.58 bits per heavy atom. The lowest BCUT2D eigenvalue weighted by Gasteiger charge is -2.22. The standard InChI is InChI=1S/C15H21Cl2NO/c16-13-8-12(10-18)15(14(17)9-13)19-7-6-11-4-2-1-3-5-11/h8-9,11H,1-7,10,18H2. The van der Waals surface area contributed by atoms with E-state index in [1.165, 1.54) is 32.1 Å². The molecule has 1 saturated carbocycles. The molecule has 1 aromatic rings. The van der Waals surface area contributed by atoms with Crippen LogP contribution in [0.4, 0.5) is 0 Å². The zero-order valence-electron chi connectivity index (χ0n) is 11.1. The summed E-state index contributed by atoms with van der Waals surface area (Å²) in [5.74, 6) is 1.51. The smallest absolute Gasteiger partial charge is 0.142 e. The van der Waals surface area contributed by atoms with Crippen LogP contribution in [-0.4, -0.2) is 6.61 Å². The average molecular weight is 302 g/mol. The second kappa shape index (κ2) is 7.37. The van der Waals surface area contributed by atoms with Gasteiger partial charge in [0.2, 0.25) is 0 Å². The van der Waals surface area contributed by atoms with Crippen molar-refractivity contribution in [3.8, 4) is 5.75 Å². The highest BCUT2D eigenvalue weighted by Crippen LogP contribution is 2.33. The zero-order valence-corrected chi connectivity index (χ0v) is 12.6. The SMILES string of the molecule is NCc1cc(Cl)cc(Cl)c1OCCC1CCCCC1. The van der Waals surface area contributed by atoms with Gasteiger partial charge in [-0.2, -0.15) is 0 Å². The van der Waals surface area contributed by atoms with Crippen molar-refractivity contribution in [3.05, 3.63) is 27.7 Å². The van der Waals surface area contributed by atoms with E-state index in [0.29, 0.717) is 28.9 Å². The fourth-order valence-corrected chi connectivity index (χ4v) is 3.32. The summed E-state index contributed by atoms with van der Waals surface area (Å²) in [6.07, 6.45) is 7.88. The third kappa shape index (κ3) is 4.27. The van der Waals surface area contributed by atoms with E-state index in [0.717, 1.165) is 17.9 Å². The van der Waals surface area contributed by atoms with Crippen molar-refractivity contribution in [2.45, 2.75) is 45.1 Å². The van der Waals surface area contributed by atoms with Crippen LogP contribution in [0.5, 0.6) is 5.75 Å². The minimum absolute atomic E-state index is 0.388. The Bertz CT molecular complexity index is 417. The number of benzene rings is 1. The van der Waals surface area contributed by atoms with Gasteiger partial charge in [0.15, 0.2) is 0 Å². The molecule has 0 atom stereocenters. The number of halogens is 2. The molecule has 0 amide bonds. The molecule has 1 fully saturated rings. The van der Waals surface area contributed by atoms with Crippen molar-refractivity contribution in [2.75, 3.05) is 6.61 Å². The molecule has 1 aliphatic carbocycles. The molecule has 0 aliphatic heterocycles. The number of ether oxygens (including phenoxy) is 1. The fourth-order valence-electron chi connectivity index (χ4n) is 2.73. The Labute approximate surface area is 125 Å². The van der Waals surface area contributed by atoms with Crippen molar-refractivity contribution in [2.24, 2.45) is 11.7 Å². The van der Waals surface area contributed by atoms with Gasteiger partial charge in [-0.3, -0.25) is 0 Å². The van der Waals surface area contributed by atoms with Crippen LogP contribution in [0, 0.1) is 5.92 Å². The van der Waals surface area contributed by atoms with E-state index in [4.69, 9.17) is 33.7 Å². The van der Waals surface area contributed by atoms with Crippen molar-refractivity contribution in [1.29, 1.82) is 0 Å². The monoisotopic (exact) mass is 301 g/mol. The van der Waals surface area contributed by atoms with Crippen molar-refractivity contribution < 1.29 is 4.74 Å². The van der Waals surface area contributed by atoms with Gasteiger partial charge >= 0.3 is 0 Å². The molecule has 0 aromatic heterocycles. The number of nitrogens with two attached hydrogens (primary N) is 1. The van der Waals surface area contributed by atoms with Gasteiger partial charge in [-0.1, -0.05) is 55.3 Å². The average Bonchev–Trinajstić information content (AvgIpc) is 2.42. The van der Waals surface area contributed by atoms with E-state index in [9.17, 15) is 0 Å². The molecule has 19 heavy (non-hydrogen) atoms. The molecule has 0 spiro atoms. The van der Waals surface area contributed by atoms with Crippen LogP contribution in [0.1, 0.15) is 44.1 Å². The second-order valence-corrected chi connectivity index (χ2v) is 6.06. The first-order valence-electron chi connectivity index (χ1n) is 7.01. The molecular formula is C15H21Cl2NO. The Kier molecular flexibility index (Phi) is 5.80. The summed E-state index contributed by atoms with van der Waals surface area (Å²) in [4.78, 5) is 0. The van der Waals surface area contributed by atoms with Crippen molar-refractivity contribution in [1.82, 2.24) is 0 Å². The van der Waals surface area contributed by atoms with E-state index in [1.54, 1.807) is 6.07 Å². The summed E-state index contributed by atoms with van der Waals surface area (Å²) < 4.78 is 5.85. The fraction of sp³-hybridized carbons (Fsp3) is 0.600. The van der Waals surface area contributed by atoms with Gasteiger partial charge in [0.05, 0.1) is 11.6 Å². The highest BCUT2D eigenvalue weighted by Gasteiger charge is 2.14. The van der Waals surface area contributed by atoms with Crippen LogP contribution >= 0.6 is 23.2 Å². The Hall–Kier alpha value is -0.440. The summed E-state index contributed by atoms with van der Waals surface area (Å²) in [5.41, 5.74) is 6.58. The highest BCUT2D eigenvalue weighted by atomic mass is 35.5. The molecule has 0 bridgehead atoms. The third-order valence-corrected chi connectivity index (χ3v) is 4.30. The van der Waals surface area contributed by atoms with Crippen LogP contribution < -0.4 is 10.5 Å². The number of hydrogen-bond acceptors (Lipinski definition) is 2. The summed E-state index contributed by atoms with van der Waals surface area (Å²) >= 11 is 12.1. The zero-order chi connectivity index (χ0) is 13.7. The maximum atomic E-state index is 6.17. The van der Waals surface area contributed by atoms with Gasteiger partial charge in [0.25, 0.3) is 0 Å². The van der Waals surface area contributed by atoms with E-state index in [1.807, 2.05) is 6.07 Å². The van der Waals surface area contributed by atoms with Gasteiger partial charge in [0, 0.05) is 17.1 Å². The van der Waals surface area contributed by atoms with Crippen LogP contribution in [0.15, 0.2) is 12.1 Å².